The quantitative estimate of drug-likeness (QED) is 0.438. The van der Waals surface area contributed by atoms with Crippen molar-refractivity contribution in [3.8, 4) is 0 Å². The van der Waals surface area contributed by atoms with E-state index < -0.39 is 0 Å². The van der Waals surface area contributed by atoms with Crippen LogP contribution in [0.3, 0.4) is 0 Å². The number of nitrogens with zero attached hydrogens (tertiary/aromatic N) is 2. The van der Waals surface area contributed by atoms with Crippen molar-refractivity contribution in [1.82, 2.24) is 10.2 Å². The van der Waals surface area contributed by atoms with Gasteiger partial charge in [-0.2, -0.15) is 0 Å². The van der Waals surface area contributed by atoms with E-state index >= 15 is 0 Å². The third-order valence-electron chi connectivity index (χ3n) is 4.01. The van der Waals surface area contributed by atoms with Gasteiger partial charge in [-0.25, -0.2) is 0 Å². The van der Waals surface area contributed by atoms with Crippen LogP contribution < -0.4 is 11.1 Å². The van der Waals surface area contributed by atoms with Crippen LogP contribution in [0.15, 0.2) is 22.5 Å². The Bertz CT molecular complexity index is 445. The first-order valence-electron chi connectivity index (χ1n) is 7.61. The Morgan fingerprint density at radius 1 is 1.43 bits per heavy atom. The predicted molar refractivity (Wildman–Crippen MR) is 100 cm³/mol. The van der Waals surface area contributed by atoms with Crippen LogP contribution in [-0.4, -0.2) is 36.5 Å². The van der Waals surface area contributed by atoms with Gasteiger partial charge in [0, 0.05) is 30.6 Å². The summed E-state index contributed by atoms with van der Waals surface area (Å²) in [7, 11) is 0. The lowest BCUT2D eigenvalue weighted by Crippen LogP contribution is -2.37. The Balaban J connectivity index is 0.00000161. The van der Waals surface area contributed by atoms with Crippen molar-refractivity contribution in [2.24, 2.45) is 16.6 Å². The molecule has 4 nitrogen and oxygen atoms in total. The third kappa shape index (κ3) is 5.75. The molecule has 3 rings (SSSR count). The Kier molecular flexibility index (Phi) is 6.75. The molecule has 1 aliphatic heterocycles. The van der Waals surface area contributed by atoms with Gasteiger partial charge < -0.3 is 11.1 Å². The van der Waals surface area contributed by atoms with Gasteiger partial charge in [-0.3, -0.25) is 9.89 Å². The smallest absolute Gasteiger partial charge is 0.188 e. The van der Waals surface area contributed by atoms with Crippen molar-refractivity contribution in [3.63, 3.8) is 0 Å². The van der Waals surface area contributed by atoms with Gasteiger partial charge in [0.05, 0.1) is 0 Å². The Morgan fingerprint density at radius 2 is 2.29 bits per heavy atom. The Hall–Kier alpha value is -0.340. The highest BCUT2D eigenvalue weighted by Crippen LogP contribution is 2.21. The standard InChI is InChI=1S/C15H24N4S.HI/c16-15(18-13-5-6-13)17-9-12-3-1-7-19(10-12)11-14-4-2-8-20-14;/h2,4,8,12-13H,1,3,5-7,9-11H2,(H3,16,17,18);1H. The monoisotopic (exact) mass is 420 g/mol. The van der Waals surface area contributed by atoms with Crippen LogP contribution in [0.4, 0.5) is 0 Å². The summed E-state index contributed by atoms with van der Waals surface area (Å²) >= 11 is 1.85. The first-order chi connectivity index (χ1) is 9.79. The highest BCUT2D eigenvalue weighted by atomic mass is 127. The van der Waals surface area contributed by atoms with Gasteiger partial charge in [0.25, 0.3) is 0 Å². The fraction of sp³-hybridized carbons (Fsp3) is 0.667. The number of nitrogens with one attached hydrogen (secondary N) is 1. The molecular weight excluding hydrogens is 395 g/mol. The summed E-state index contributed by atoms with van der Waals surface area (Å²) < 4.78 is 0. The number of rotatable bonds is 5. The lowest BCUT2D eigenvalue weighted by atomic mass is 9.98. The average molecular weight is 420 g/mol. The zero-order chi connectivity index (χ0) is 13.8. The van der Waals surface area contributed by atoms with E-state index in [2.05, 4.69) is 32.7 Å². The van der Waals surface area contributed by atoms with Crippen LogP contribution in [0.2, 0.25) is 0 Å². The van der Waals surface area contributed by atoms with Gasteiger partial charge in [-0.1, -0.05) is 6.07 Å². The fourth-order valence-corrected chi connectivity index (χ4v) is 3.52. The van der Waals surface area contributed by atoms with Gasteiger partial charge in [0.1, 0.15) is 0 Å². The molecule has 1 aromatic rings. The normalized spacial score (nSPS) is 23.6. The number of aliphatic imine (C=N–C) groups is 1. The topological polar surface area (TPSA) is 53.6 Å². The second kappa shape index (κ2) is 8.33. The van der Waals surface area contributed by atoms with Crippen LogP contribution in [0.25, 0.3) is 0 Å². The van der Waals surface area contributed by atoms with E-state index in [1.54, 1.807) is 0 Å². The predicted octanol–water partition coefficient (Wildman–Crippen LogP) is 2.64. The summed E-state index contributed by atoms with van der Waals surface area (Å²) in [5.74, 6) is 1.30. The fourth-order valence-electron chi connectivity index (χ4n) is 2.78. The number of nitrogens with two attached hydrogens (primary N) is 1. The van der Waals surface area contributed by atoms with E-state index in [1.807, 2.05) is 11.3 Å². The molecule has 1 atom stereocenters. The van der Waals surface area contributed by atoms with Gasteiger partial charge >= 0.3 is 0 Å². The highest BCUT2D eigenvalue weighted by molar-refractivity contribution is 14.0. The van der Waals surface area contributed by atoms with Crippen LogP contribution >= 0.6 is 35.3 Å². The molecule has 1 unspecified atom stereocenters. The maximum atomic E-state index is 5.90. The molecule has 21 heavy (non-hydrogen) atoms. The molecule has 3 N–H and O–H groups in total. The van der Waals surface area contributed by atoms with E-state index in [0.29, 0.717) is 17.9 Å². The number of hydrogen-bond donors (Lipinski definition) is 2. The summed E-state index contributed by atoms with van der Waals surface area (Å²) in [4.78, 5) is 8.54. The van der Waals surface area contributed by atoms with Crippen molar-refractivity contribution < 1.29 is 0 Å². The minimum atomic E-state index is 0. The van der Waals surface area contributed by atoms with Gasteiger partial charge in [-0.15, -0.1) is 35.3 Å². The number of thiophene rings is 1. The summed E-state index contributed by atoms with van der Waals surface area (Å²) in [6.07, 6.45) is 5.05. The van der Waals surface area contributed by atoms with E-state index in [9.17, 15) is 0 Å². The van der Waals surface area contributed by atoms with E-state index in [-0.39, 0.29) is 24.0 Å². The molecule has 1 aromatic heterocycles. The van der Waals surface area contributed by atoms with Crippen molar-refractivity contribution in [3.05, 3.63) is 22.4 Å². The van der Waals surface area contributed by atoms with E-state index in [4.69, 9.17) is 5.73 Å². The molecule has 0 bridgehead atoms. The Labute approximate surface area is 148 Å². The molecule has 2 aliphatic rings. The molecular formula is C15H25IN4S. The largest absolute Gasteiger partial charge is 0.370 e. The van der Waals surface area contributed by atoms with Crippen LogP contribution in [0, 0.1) is 5.92 Å². The Morgan fingerprint density at radius 3 is 3.00 bits per heavy atom. The average Bonchev–Trinajstić information content (AvgIpc) is 3.11. The first-order valence-corrected chi connectivity index (χ1v) is 8.49. The molecule has 2 heterocycles. The van der Waals surface area contributed by atoms with E-state index in [1.165, 1.54) is 37.1 Å². The zero-order valence-electron chi connectivity index (χ0n) is 12.3. The molecule has 0 aromatic carbocycles. The van der Waals surface area contributed by atoms with Crippen LogP contribution in [0.5, 0.6) is 0 Å². The summed E-state index contributed by atoms with van der Waals surface area (Å²) in [5, 5.41) is 5.41. The van der Waals surface area contributed by atoms with Crippen molar-refractivity contribution in [2.75, 3.05) is 19.6 Å². The molecule has 2 fully saturated rings. The maximum Gasteiger partial charge on any atom is 0.188 e. The van der Waals surface area contributed by atoms with Gasteiger partial charge in [-0.05, 0) is 49.6 Å². The number of guanidine groups is 1. The molecule has 0 spiro atoms. The summed E-state index contributed by atoms with van der Waals surface area (Å²) in [5.41, 5.74) is 5.90. The number of hydrogen-bond acceptors (Lipinski definition) is 3. The van der Waals surface area contributed by atoms with Gasteiger partial charge in [0.15, 0.2) is 5.96 Å². The lowest BCUT2D eigenvalue weighted by molar-refractivity contribution is 0.172. The molecule has 118 valence electrons. The summed E-state index contributed by atoms with van der Waals surface area (Å²) in [6.45, 7) is 4.33. The highest BCUT2D eigenvalue weighted by Gasteiger charge is 2.22. The minimum absolute atomic E-state index is 0. The third-order valence-corrected chi connectivity index (χ3v) is 4.87. The SMILES string of the molecule is I.NC(=NCC1CCCN(Cc2cccs2)C1)NC1CC1. The number of piperidine rings is 1. The van der Waals surface area contributed by atoms with Crippen molar-refractivity contribution in [1.29, 1.82) is 0 Å². The van der Waals surface area contributed by atoms with Crippen LogP contribution in [-0.2, 0) is 6.54 Å². The van der Waals surface area contributed by atoms with Crippen molar-refractivity contribution >= 4 is 41.3 Å². The lowest BCUT2D eigenvalue weighted by Gasteiger charge is -2.31. The zero-order valence-corrected chi connectivity index (χ0v) is 15.5. The maximum absolute atomic E-state index is 5.90. The second-order valence-corrected chi connectivity index (χ2v) is 7.00. The molecule has 0 amide bonds. The first kappa shape index (κ1) is 17.0. The van der Waals surface area contributed by atoms with E-state index in [0.717, 1.165) is 19.6 Å². The number of likely N-dealkylation sites (tertiary alicyclic amines) is 1. The minimum Gasteiger partial charge on any atom is -0.370 e. The van der Waals surface area contributed by atoms with Gasteiger partial charge in [0.2, 0.25) is 0 Å². The van der Waals surface area contributed by atoms with Crippen molar-refractivity contribution in [2.45, 2.75) is 38.3 Å². The molecule has 1 saturated carbocycles. The second-order valence-electron chi connectivity index (χ2n) is 5.97. The molecule has 6 heteroatoms. The molecule has 1 saturated heterocycles. The number of halogens is 1. The molecule has 0 radical (unpaired) electrons. The molecule has 1 aliphatic carbocycles. The summed E-state index contributed by atoms with van der Waals surface area (Å²) in [6, 6.07) is 4.96. The van der Waals surface area contributed by atoms with Crippen LogP contribution in [0.1, 0.15) is 30.6 Å².